The predicted molar refractivity (Wildman–Crippen MR) is 73.7 cm³/mol. The highest BCUT2D eigenvalue weighted by molar-refractivity contribution is 5.81. The van der Waals surface area contributed by atoms with Crippen molar-refractivity contribution in [1.82, 2.24) is 0 Å². The van der Waals surface area contributed by atoms with E-state index in [4.69, 9.17) is 4.74 Å². The minimum atomic E-state index is -0.0105. The zero-order valence-corrected chi connectivity index (χ0v) is 11.0. The molecule has 2 aromatic carbocycles. The van der Waals surface area contributed by atoms with Crippen LogP contribution in [-0.4, -0.2) is 11.4 Å². The third-order valence-electron chi connectivity index (χ3n) is 3.05. The minimum Gasteiger partial charge on any atom is -0.507 e. The molecule has 0 saturated heterocycles. The topological polar surface area (TPSA) is 46.5 Å². The second-order valence-electron chi connectivity index (χ2n) is 4.48. The second kappa shape index (κ2) is 5.57. The van der Waals surface area contributed by atoms with E-state index in [-0.39, 0.29) is 5.75 Å². The van der Waals surface area contributed by atoms with E-state index in [2.05, 4.69) is 0 Å². The van der Waals surface area contributed by atoms with Crippen LogP contribution in [0.1, 0.15) is 27.0 Å². The molecule has 0 atom stereocenters. The molecule has 0 aliphatic rings. The van der Waals surface area contributed by atoms with Crippen molar-refractivity contribution in [2.24, 2.45) is 0 Å². The number of rotatable bonds is 4. The first-order valence-corrected chi connectivity index (χ1v) is 6.08. The first kappa shape index (κ1) is 13.1. The number of phenols is 1. The monoisotopic (exact) mass is 256 g/mol. The number of hydrogen-bond acceptors (Lipinski definition) is 3. The molecule has 0 amide bonds. The fourth-order valence-corrected chi connectivity index (χ4v) is 2.03. The Morgan fingerprint density at radius 2 is 1.89 bits per heavy atom. The Hall–Kier alpha value is -2.29. The molecule has 19 heavy (non-hydrogen) atoms. The van der Waals surface area contributed by atoms with E-state index >= 15 is 0 Å². The zero-order chi connectivity index (χ0) is 13.8. The van der Waals surface area contributed by atoms with Crippen LogP contribution >= 0.6 is 0 Å². The Morgan fingerprint density at radius 1 is 1.21 bits per heavy atom. The number of phenolic OH excluding ortho intramolecular Hbond substituents is 1. The van der Waals surface area contributed by atoms with Crippen LogP contribution in [0.2, 0.25) is 0 Å². The normalized spacial score (nSPS) is 10.2. The van der Waals surface area contributed by atoms with Crippen molar-refractivity contribution in [3.8, 4) is 11.5 Å². The van der Waals surface area contributed by atoms with E-state index in [0.29, 0.717) is 29.8 Å². The summed E-state index contributed by atoms with van der Waals surface area (Å²) in [5.74, 6) is 0.621. The zero-order valence-electron chi connectivity index (χ0n) is 11.0. The van der Waals surface area contributed by atoms with Crippen molar-refractivity contribution in [1.29, 1.82) is 0 Å². The molecular weight excluding hydrogens is 240 g/mol. The van der Waals surface area contributed by atoms with Crippen LogP contribution in [0.5, 0.6) is 11.5 Å². The Kier molecular flexibility index (Phi) is 3.85. The van der Waals surface area contributed by atoms with Gasteiger partial charge < -0.3 is 9.84 Å². The maximum atomic E-state index is 10.8. The minimum absolute atomic E-state index is 0.0105. The first-order valence-electron chi connectivity index (χ1n) is 6.08. The average Bonchev–Trinajstić information content (AvgIpc) is 2.44. The molecule has 2 rings (SSSR count). The summed E-state index contributed by atoms with van der Waals surface area (Å²) in [6.45, 7) is 4.04. The number of aromatic hydroxyl groups is 1. The summed E-state index contributed by atoms with van der Waals surface area (Å²) in [4.78, 5) is 10.8. The van der Waals surface area contributed by atoms with Crippen LogP contribution in [0.15, 0.2) is 36.4 Å². The van der Waals surface area contributed by atoms with Crippen molar-refractivity contribution < 1.29 is 14.6 Å². The van der Waals surface area contributed by atoms with Gasteiger partial charge in [0.15, 0.2) is 6.29 Å². The van der Waals surface area contributed by atoms with Gasteiger partial charge in [0, 0.05) is 5.56 Å². The fourth-order valence-electron chi connectivity index (χ4n) is 2.03. The largest absolute Gasteiger partial charge is 0.507 e. The first-order chi connectivity index (χ1) is 9.13. The number of aryl methyl sites for hydroxylation is 1. The fraction of sp³-hybridized carbons (Fsp3) is 0.188. The number of carbonyl (C=O) groups is 1. The average molecular weight is 256 g/mol. The summed E-state index contributed by atoms with van der Waals surface area (Å²) in [7, 11) is 0. The number of aldehydes is 1. The molecule has 3 heteroatoms. The van der Waals surface area contributed by atoms with Crippen molar-refractivity contribution in [2.45, 2.75) is 20.5 Å². The SMILES string of the molecule is Cc1cc(C=O)c(O)c(C)c1OCc1ccccc1. The number of ether oxygens (including phenoxy) is 1. The maximum absolute atomic E-state index is 10.8. The van der Waals surface area contributed by atoms with Crippen LogP contribution in [0.3, 0.4) is 0 Å². The van der Waals surface area contributed by atoms with Gasteiger partial charge in [-0.1, -0.05) is 30.3 Å². The molecule has 0 aliphatic carbocycles. The van der Waals surface area contributed by atoms with E-state index in [1.807, 2.05) is 37.3 Å². The van der Waals surface area contributed by atoms with Gasteiger partial charge in [0.2, 0.25) is 0 Å². The maximum Gasteiger partial charge on any atom is 0.153 e. The van der Waals surface area contributed by atoms with E-state index in [1.54, 1.807) is 13.0 Å². The van der Waals surface area contributed by atoms with Gasteiger partial charge in [-0.25, -0.2) is 0 Å². The molecule has 0 spiro atoms. The standard InChI is InChI=1S/C16H16O3/c1-11-8-14(9-17)15(18)12(2)16(11)19-10-13-6-4-3-5-7-13/h3-9,18H,10H2,1-2H3. The van der Waals surface area contributed by atoms with E-state index in [0.717, 1.165) is 11.1 Å². The molecule has 0 heterocycles. The predicted octanol–water partition coefficient (Wildman–Crippen LogP) is 3.40. The van der Waals surface area contributed by atoms with Gasteiger partial charge in [-0.2, -0.15) is 0 Å². The third kappa shape index (κ3) is 2.76. The number of hydrogen-bond donors (Lipinski definition) is 1. The van der Waals surface area contributed by atoms with Gasteiger partial charge in [-0.3, -0.25) is 4.79 Å². The number of carbonyl (C=O) groups excluding carboxylic acids is 1. The lowest BCUT2D eigenvalue weighted by Crippen LogP contribution is -2.00. The van der Waals surface area contributed by atoms with E-state index < -0.39 is 0 Å². The highest BCUT2D eigenvalue weighted by Crippen LogP contribution is 2.33. The molecule has 0 saturated carbocycles. The van der Waals surface area contributed by atoms with Crippen LogP contribution in [0.4, 0.5) is 0 Å². The Bertz CT molecular complexity index is 589. The van der Waals surface area contributed by atoms with Crippen LogP contribution in [0, 0.1) is 13.8 Å². The van der Waals surface area contributed by atoms with Gasteiger partial charge in [-0.05, 0) is 31.0 Å². The molecule has 0 fully saturated rings. The lowest BCUT2D eigenvalue weighted by Gasteiger charge is -2.14. The van der Waals surface area contributed by atoms with Crippen molar-refractivity contribution >= 4 is 6.29 Å². The summed E-state index contributed by atoms with van der Waals surface area (Å²) in [5, 5.41) is 9.89. The van der Waals surface area contributed by atoms with Crippen LogP contribution in [0.25, 0.3) is 0 Å². The quantitative estimate of drug-likeness (QED) is 0.853. The lowest BCUT2D eigenvalue weighted by atomic mass is 10.0. The summed E-state index contributed by atoms with van der Waals surface area (Å²) in [6, 6.07) is 11.4. The van der Waals surface area contributed by atoms with Crippen LogP contribution in [-0.2, 0) is 6.61 Å². The molecule has 0 aromatic heterocycles. The van der Waals surface area contributed by atoms with Gasteiger partial charge >= 0.3 is 0 Å². The summed E-state index contributed by atoms with van der Waals surface area (Å²) in [6.07, 6.45) is 0.649. The Labute approximate surface area is 112 Å². The lowest BCUT2D eigenvalue weighted by molar-refractivity contribution is 0.112. The number of benzene rings is 2. The van der Waals surface area contributed by atoms with Gasteiger partial charge in [0.05, 0.1) is 5.56 Å². The smallest absolute Gasteiger partial charge is 0.153 e. The third-order valence-corrected chi connectivity index (χ3v) is 3.05. The Morgan fingerprint density at radius 3 is 2.53 bits per heavy atom. The highest BCUT2D eigenvalue weighted by Gasteiger charge is 2.13. The molecular formula is C16H16O3. The summed E-state index contributed by atoms with van der Waals surface area (Å²) >= 11 is 0. The molecule has 3 nitrogen and oxygen atoms in total. The summed E-state index contributed by atoms with van der Waals surface area (Å²) in [5.41, 5.74) is 2.79. The van der Waals surface area contributed by atoms with E-state index in [9.17, 15) is 9.90 Å². The van der Waals surface area contributed by atoms with Crippen molar-refractivity contribution in [2.75, 3.05) is 0 Å². The van der Waals surface area contributed by atoms with Gasteiger partial charge in [0.1, 0.15) is 18.1 Å². The molecule has 98 valence electrons. The molecule has 2 aromatic rings. The highest BCUT2D eigenvalue weighted by atomic mass is 16.5. The van der Waals surface area contributed by atoms with Gasteiger partial charge in [-0.15, -0.1) is 0 Å². The van der Waals surface area contributed by atoms with E-state index in [1.165, 1.54) is 0 Å². The van der Waals surface area contributed by atoms with Crippen molar-refractivity contribution in [3.63, 3.8) is 0 Å². The summed E-state index contributed by atoms with van der Waals surface area (Å²) < 4.78 is 5.76. The molecule has 0 bridgehead atoms. The van der Waals surface area contributed by atoms with Gasteiger partial charge in [0.25, 0.3) is 0 Å². The second-order valence-corrected chi connectivity index (χ2v) is 4.48. The molecule has 0 aliphatic heterocycles. The van der Waals surface area contributed by atoms with Crippen molar-refractivity contribution in [3.05, 3.63) is 58.7 Å². The molecule has 1 N–H and O–H groups in total. The molecule has 0 unspecified atom stereocenters. The van der Waals surface area contributed by atoms with Crippen LogP contribution < -0.4 is 4.74 Å². The Balaban J connectivity index is 2.26. The molecule has 0 radical (unpaired) electrons.